The molecule has 3 atom stereocenters. The highest BCUT2D eigenvalue weighted by Gasteiger charge is 2.29. The molecule has 1 amide bonds. The second kappa shape index (κ2) is 8.64. The van der Waals surface area contributed by atoms with E-state index >= 15 is 0 Å². The minimum Gasteiger partial charge on any atom is -0.341 e. The molecule has 0 aromatic carbocycles. The summed E-state index contributed by atoms with van der Waals surface area (Å²) in [5, 5.41) is 4.43. The third-order valence-corrected chi connectivity index (χ3v) is 4.77. The molecule has 1 saturated heterocycles. The first-order valence-electron chi connectivity index (χ1n) is 8.34. The third kappa shape index (κ3) is 4.91. The summed E-state index contributed by atoms with van der Waals surface area (Å²) in [6.45, 7) is 10.4. The zero-order valence-electron chi connectivity index (χ0n) is 14.7. The average Bonchev–Trinajstić information content (AvgIpc) is 2.82. The molecule has 2 N–H and O–H groups in total. The zero-order chi connectivity index (χ0) is 16.3. The summed E-state index contributed by atoms with van der Waals surface area (Å²) in [5.41, 5.74) is 6.11. The Morgan fingerprint density at radius 2 is 2.13 bits per heavy atom. The molecule has 0 aliphatic carbocycles. The van der Waals surface area contributed by atoms with Gasteiger partial charge in [-0.05, 0) is 38.5 Å². The molecular formula is C16H30ClN5O. The van der Waals surface area contributed by atoms with Crippen LogP contribution >= 0.6 is 12.4 Å². The Hall–Kier alpha value is -1.14. The molecule has 132 valence electrons. The van der Waals surface area contributed by atoms with Gasteiger partial charge in [0, 0.05) is 19.6 Å². The van der Waals surface area contributed by atoms with E-state index < -0.39 is 0 Å². The first-order chi connectivity index (χ1) is 10.4. The number of halogens is 1. The van der Waals surface area contributed by atoms with Gasteiger partial charge in [-0.25, -0.2) is 9.67 Å². The van der Waals surface area contributed by atoms with Crippen molar-refractivity contribution in [2.75, 3.05) is 13.1 Å². The number of aromatic nitrogens is 3. The summed E-state index contributed by atoms with van der Waals surface area (Å²) in [6.07, 6.45) is 3.10. The fraction of sp³-hybridized carbons (Fsp3) is 0.812. The normalized spacial score (nSPS) is 20.7. The Bertz CT molecular complexity index is 519. The number of amides is 1. The van der Waals surface area contributed by atoms with Crippen LogP contribution in [0.25, 0.3) is 0 Å². The lowest BCUT2D eigenvalue weighted by Crippen LogP contribution is -2.50. The number of aryl methyl sites for hydroxylation is 2. The third-order valence-electron chi connectivity index (χ3n) is 4.77. The topological polar surface area (TPSA) is 77.0 Å². The molecule has 1 fully saturated rings. The van der Waals surface area contributed by atoms with Crippen molar-refractivity contribution >= 4 is 18.3 Å². The van der Waals surface area contributed by atoms with Gasteiger partial charge in [-0.15, -0.1) is 12.4 Å². The molecule has 3 unspecified atom stereocenters. The molecule has 2 heterocycles. The van der Waals surface area contributed by atoms with E-state index in [1.165, 1.54) is 0 Å². The van der Waals surface area contributed by atoms with Gasteiger partial charge in [-0.2, -0.15) is 5.10 Å². The molecule has 1 aliphatic rings. The predicted octanol–water partition coefficient (Wildman–Crippen LogP) is 1.93. The van der Waals surface area contributed by atoms with Crippen LogP contribution in [0.2, 0.25) is 0 Å². The maximum atomic E-state index is 12.5. The number of piperidine rings is 1. The first kappa shape index (κ1) is 19.9. The molecule has 1 aliphatic heterocycles. The van der Waals surface area contributed by atoms with E-state index in [2.05, 4.69) is 17.0 Å². The molecule has 2 rings (SSSR count). The smallest absolute Gasteiger partial charge is 0.239 e. The molecule has 23 heavy (non-hydrogen) atoms. The quantitative estimate of drug-likeness (QED) is 0.886. The van der Waals surface area contributed by atoms with Gasteiger partial charge >= 0.3 is 0 Å². The molecule has 0 radical (unpaired) electrons. The Morgan fingerprint density at radius 3 is 2.70 bits per heavy atom. The van der Waals surface area contributed by atoms with Crippen LogP contribution in [-0.2, 0) is 11.3 Å². The van der Waals surface area contributed by atoms with Gasteiger partial charge in [-0.3, -0.25) is 4.79 Å². The van der Waals surface area contributed by atoms with Crippen molar-refractivity contribution in [2.24, 2.45) is 17.6 Å². The highest BCUT2D eigenvalue weighted by Crippen LogP contribution is 2.20. The highest BCUT2D eigenvalue weighted by atomic mass is 35.5. The van der Waals surface area contributed by atoms with Crippen molar-refractivity contribution in [3.63, 3.8) is 0 Å². The van der Waals surface area contributed by atoms with Crippen LogP contribution in [0.1, 0.15) is 44.8 Å². The number of nitrogens with two attached hydrogens (primary N) is 1. The van der Waals surface area contributed by atoms with Crippen LogP contribution in [0.4, 0.5) is 0 Å². The van der Waals surface area contributed by atoms with Gasteiger partial charge in [0.2, 0.25) is 5.91 Å². The van der Waals surface area contributed by atoms with Crippen molar-refractivity contribution in [2.45, 2.75) is 59.5 Å². The highest BCUT2D eigenvalue weighted by molar-refractivity contribution is 5.85. The van der Waals surface area contributed by atoms with Crippen LogP contribution in [0.15, 0.2) is 0 Å². The number of carbonyl (C=O) groups excluding carboxylic acids is 1. The van der Waals surface area contributed by atoms with Crippen LogP contribution in [-0.4, -0.2) is 44.7 Å². The van der Waals surface area contributed by atoms with Gasteiger partial charge in [0.25, 0.3) is 0 Å². The number of hydrogen-bond donors (Lipinski definition) is 1. The summed E-state index contributed by atoms with van der Waals surface area (Å²) in [4.78, 5) is 18.8. The lowest BCUT2D eigenvalue weighted by Gasteiger charge is -2.35. The average molecular weight is 344 g/mol. The van der Waals surface area contributed by atoms with Crippen molar-refractivity contribution in [3.8, 4) is 0 Å². The zero-order valence-corrected chi connectivity index (χ0v) is 15.5. The number of likely N-dealkylation sites (tertiary alicyclic amines) is 1. The fourth-order valence-corrected chi connectivity index (χ4v) is 3.10. The lowest BCUT2D eigenvalue weighted by atomic mass is 9.94. The van der Waals surface area contributed by atoms with Gasteiger partial charge < -0.3 is 10.6 Å². The predicted molar refractivity (Wildman–Crippen MR) is 93.5 cm³/mol. The summed E-state index contributed by atoms with van der Waals surface area (Å²) in [7, 11) is 0. The van der Waals surface area contributed by atoms with Crippen molar-refractivity contribution < 1.29 is 4.79 Å². The Kier molecular flexibility index (Phi) is 7.48. The van der Waals surface area contributed by atoms with Gasteiger partial charge in [0.05, 0.1) is 6.04 Å². The van der Waals surface area contributed by atoms with Gasteiger partial charge in [-0.1, -0.05) is 20.3 Å². The minimum absolute atomic E-state index is 0. The molecule has 1 aromatic heterocycles. The molecule has 1 aromatic rings. The first-order valence-corrected chi connectivity index (χ1v) is 8.34. The molecule has 7 heteroatoms. The summed E-state index contributed by atoms with van der Waals surface area (Å²) >= 11 is 0. The number of carbonyl (C=O) groups is 1. The number of rotatable bonds is 5. The van der Waals surface area contributed by atoms with E-state index in [9.17, 15) is 4.79 Å². The monoisotopic (exact) mass is 343 g/mol. The summed E-state index contributed by atoms with van der Waals surface area (Å²) in [6, 6.07) is -0.376. The van der Waals surface area contributed by atoms with E-state index in [4.69, 9.17) is 5.73 Å². The van der Waals surface area contributed by atoms with Crippen molar-refractivity contribution in [1.29, 1.82) is 0 Å². The van der Waals surface area contributed by atoms with Gasteiger partial charge in [0.1, 0.15) is 11.6 Å². The summed E-state index contributed by atoms with van der Waals surface area (Å²) in [5.74, 6) is 2.51. The Morgan fingerprint density at radius 1 is 1.43 bits per heavy atom. The SMILES string of the molecule is CCC(C)C(N)C(=O)N1CCCC(Cn2nc(C)nc2C)C1.Cl. The second-order valence-corrected chi connectivity index (χ2v) is 6.59. The molecule has 6 nitrogen and oxygen atoms in total. The van der Waals surface area contributed by atoms with Crippen LogP contribution in [0.3, 0.4) is 0 Å². The Labute approximate surface area is 145 Å². The maximum Gasteiger partial charge on any atom is 0.239 e. The number of nitrogens with zero attached hydrogens (tertiary/aromatic N) is 4. The van der Waals surface area contributed by atoms with Crippen LogP contribution in [0.5, 0.6) is 0 Å². The minimum atomic E-state index is -0.376. The largest absolute Gasteiger partial charge is 0.341 e. The molecule has 0 spiro atoms. The molecular weight excluding hydrogens is 314 g/mol. The number of hydrogen-bond acceptors (Lipinski definition) is 4. The van der Waals surface area contributed by atoms with Crippen LogP contribution in [0, 0.1) is 25.7 Å². The molecule has 0 bridgehead atoms. The fourth-order valence-electron chi connectivity index (χ4n) is 3.10. The second-order valence-electron chi connectivity index (χ2n) is 6.59. The lowest BCUT2D eigenvalue weighted by molar-refractivity contribution is -0.135. The molecule has 0 saturated carbocycles. The van der Waals surface area contributed by atoms with E-state index in [0.29, 0.717) is 5.92 Å². The maximum absolute atomic E-state index is 12.5. The van der Waals surface area contributed by atoms with E-state index in [1.807, 2.05) is 30.4 Å². The van der Waals surface area contributed by atoms with Crippen molar-refractivity contribution in [1.82, 2.24) is 19.7 Å². The van der Waals surface area contributed by atoms with E-state index in [-0.39, 0.29) is 30.3 Å². The van der Waals surface area contributed by atoms with E-state index in [0.717, 1.165) is 50.5 Å². The van der Waals surface area contributed by atoms with E-state index in [1.54, 1.807) is 0 Å². The van der Waals surface area contributed by atoms with Gasteiger partial charge in [0.15, 0.2) is 0 Å². The van der Waals surface area contributed by atoms with Crippen LogP contribution < -0.4 is 5.73 Å². The summed E-state index contributed by atoms with van der Waals surface area (Å²) < 4.78 is 1.96. The Balaban J connectivity index is 0.00000264. The standard InChI is InChI=1S/C16H29N5O.ClH/c1-5-11(2)15(17)16(22)20-8-6-7-14(9-20)10-21-13(4)18-12(3)19-21;/h11,14-15H,5-10,17H2,1-4H3;1H. The van der Waals surface area contributed by atoms with Crippen molar-refractivity contribution in [3.05, 3.63) is 11.6 Å².